The lowest BCUT2D eigenvalue weighted by Crippen LogP contribution is -2.09. The summed E-state index contributed by atoms with van der Waals surface area (Å²) in [5, 5.41) is 0.594. The molecule has 1 heterocycles. The van der Waals surface area contributed by atoms with E-state index in [0.717, 1.165) is 11.3 Å². The van der Waals surface area contributed by atoms with Gasteiger partial charge in [0.25, 0.3) is 5.56 Å². The number of hydrogen-bond donors (Lipinski definition) is 1. The first kappa shape index (κ1) is 13.1. The number of methoxy groups -OCH3 is 1. The van der Waals surface area contributed by atoms with Crippen LogP contribution in [0.25, 0.3) is 23.1 Å². The molecule has 104 valence electrons. The third-order valence-corrected chi connectivity index (χ3v) is 3.16. The maximum atomic E-state index is 12.0. The topological polar surface area (TPSA) is 55.0 Å². The second-order valence-electron chi connectivity index (χ2n) is 4.58. The summed E-state index contributed by atoms with van der Waals surface area (Å²) in [6.07, 6.45) is 3.66. The first-order valence-electron chi connectivity index (χ1n) is 6.57. The lowest BCUT2D eigenvalue weighted by molar-refractivity contribution is 0.414. The van der Waals surface area contributed by atoms with E-state index in [-0.39, 0.29) is 5.56 Å². The minimum atomic E-state index is -0.133. The number of para-hydroxylation sites is 1. The van der Waals surface area contributed by atoms with E-state index in [4.69, 9.17) is 4.74 Å². The molecule has 0 spiro atoms. The molecule has 0 aliphatic rings. The van der Waals surface area contributed by atoms with Crippen LogP contribution in [-0.4, -0.2) is 17.1 Å². The number of rotatable bonds is 3. The Morgan fingerprint density at radius 3 is 2.81 bits per heavy atom. The van der Waals surface area contributed by atoms with E-state index in [2.05, 4.69) is 9.97 Å². The Bertz CT molecular complexity index is 866. The molecule has 4 nitrogen and oxygen atoms in total. The third-order valence-electron chi connectivity index (χ3n) is 3.16. The molecule has 0 unspecified atom stereocenters. The summed E-state index contributed by atoms with van der Waals surface area (Å²) in [6, 6.07) is 14.9. The number of fused-ring (bicyclic) bond motifs is 1. The summed E-state index contributed by atoms with van der Waals surface area (Å²) in [6.45, 7) is 0. The summed E-state index contributed by atoms with van der Waals surface area (Å²) >= 11 is 0. The van der Waals surface area contributed by atoms with E-state index in [1.54, 1.807) is 19.3 Å². The fourth-order valence-electron chi connectivity index (χ4n) is 2.10. The van der Waals surface area contributed by atoms with Gasteiger partial charge in [0, 0.05) is 0 Å². The van der Waals surface area contributed by atoms with Crippen LogP contribution >= 0.6 is 0 Å². The van der Waals surface area contributed by atoms with Crippen molar-refractivity contribution in [3.63, 3.8) is 0 Å². The van der Waals surface area contributed by atoms with Gasteiger partial charge in [0.2, 0.25) is 0 Å². The van der Waals surface area contributed by atoms with E-state index in [0.29, 0.717) is 16.7 Å². The Balaban J connectivity index is 1.97. The molecular weight excluding hydrogens is 264 g/mol. The monoisotopic (exact) mass is 278 g/mol. The second kappa shape index (κ2) is 5.63. The average molecular weight is 278 g/mol. The molecule has 0 saturated heterocycles. The molecule has 1 aromatic heterocycles. The number of aromatic nitrogens is 2. The number of aromatic amines is 1. The Labute approximate surface area is 121 Å². The van der Waals surface area contributed by atoms with Crippen LogP contribution in [0.15, 0.2) is 53.3 Å². The van der Waals surface area contributed by atoms with Crippen molar-refractivity contribution in [2.75, 3.05) is 7.11 Å². The van der Waals surface area contributed by atoms with Crippen LogP contribution < -0.4 is 10.3 Å². The summed E-state index contributed by atoms with van der Waals surface area (Å²) in [5.74, 6) is 1.32. The van der Waals surface area contributed by atoms with Crippen LogP contribution in [0.4, 0.5) is 0 Å². The molecule has 21 heavy (non-hydrogen) atoms. The van der Waals surface area contributed by atoms with Crippen molar-refractivity contribution in [2.45, 2.75) is 0 Å². The standard InChI is InChI=1S/C17H14N2O2/c1-21-13-6-4-5-12(11-13)9-10-16-18-15-8-3-2-7-14(15)17(20)19-16/h2-11H,1H3,(H,18,19,20)/b10-9+. The van der Waals surface area contributed by atoms with Crippen LogP contribution in [0.5, 0.6) is 5.75 Å². The third kappa shape index (κ3) is 2.84. The highest BCUT2D eigenvalue weighted by Gasteiger charge is 2.00. The van der Waals surface area contributed by atoms with Crippen LogP contribution in [0.3, 0.4) is 0 Å². The molecule has 0 saturated carbocycles. The van der Waals surface area contributed by atoms with E-state index >= 15 is 0 Å². The lowest BCUT2D eigenvalue weighted by Gasteiger charge is -2.00. The highest BCUT2D eigenvalue weighted by atomic mass is 16.5. The molecule has 0 aliphatic heterocycles. The van der Waals surface area contributed by atoms with Crippen LogP contribution in [-0.2, 0) is 0 Å². The summed E-state index contributed by atoms with van der Waals surface area (Å²) in [5.41, 5.74) is 1.53. The molecule has 1 N–H and O–H groups in total. The molecular formula is C17H14N2O2. The molecule has 3 rings (SSSR count). The molecule has 0 amide bonds. The van der Waals surface area contributed by atoms with Crippen molar-refractivity contribution < 1.29 is 4.74 Å². The number of H-pyrrole nitrogens is 1. The molecule has 0 aliphatic carbocycles. The maximum Gasteiger partial charge on any atom is 0.259 e. The lowest BCUT2D eigenvalue weighted by atomic mass is 10.2. The Kier molecular flexibility index (Phi) is 3.51. The number of nitrogens with zero attached hydrogens (tertiary/aromatic N) is 1. The predicted octanol–water partition coefficient (Wildman–Crippen LogP) is 3.10. The number of hydrogen-bond acceptors (Lipinski definition) is 3. The molecule has 3 aromatic rings. The summed E-state index contributed by atoms with van der Waals surface area (Å²) in [7, 11) is 1.63. The number of benzene rings is 2. The highest BCUT2D eigenvalue weighted by molar-refractivity contribution is 5.79. The molecule has 0 fully saturated rings. The highest BCUT2D eigenvalue weighted by Crippen LogP contribution is 2.14. The van der Waals surface area contributed by atoms with Crippen molar-refractivity contribution in [3.05, 3.63) is 70.3 Å². The Morgan fingerprint density at radius 1 is 1.10 bits per heavy atom. The molecule has 4 heteroatoms. The van der Waals surface area contributed by atoms with Crippen LogP contribution in [0, 0.1) is 0 Å². The van der Waals surface area contributed by atoms with E-state index in [9.17, 15) is 4.79 Å². The van der Waals surface area contributed by atoms with Gasteiger partial charge in [-0.2, -0.15) is 0 Å². The second-order valence-corrected chi connectivity index (χ2v) is 4.58. The SMILES string of the molecule is COc1cccc(/C=C/c2nc3ccccc3c(=O)[nH]2)c1. The Hall–Kier alpha value is -2.88. The molecule has 0 bridgehead atoms. The quantitative estimate of drug-likeness (QED) is 0.801. The van der Waals surface area contributed by atoms with Crippen molar-refractivity contribution in [3.8, 4) is 5.75 Å². The van der Waals surface area contributed by atoms with Gasteiger partial charge in [-0.15, -0.1) is 0 Å². The van der Waals surface area contributed by atoms with Gasteiger partial charge < -0.3 is 9.72 Å². The van der Waals surface area contributed by atoms with Crippen molar-refractivity contribution >= 4 is 23.1 Å². The minimum Gasteiger partial charge on any atom is -0.497 e. The first-order chi connectivity index (χ1) is 10.3. The van der Waals surface area contributed by atoms with Gasteiger partial charge in [-0.3, -0.25) is 4.79 Å². The fourth-order valence-corrected chi connectivity index (χ4v) is 2.10. The number of nitrogens with one attached hydrogen (secondary N) is 1. The predicted molar refractivity (Wildman–Crippen MR) is 84.3 cm³/mol. The van der Waals surface area contributed by atoms with Gasteiger partial charge in [0.1, 0.15) is 11.6 Å². The largest absolute Gasteiger partial charge is 0.497 e. The van der Waals surface area contributed by atoms with E-state index in [1.807, 2.05) is 48.5 Å². The van der Waals surface area contributed by atoms with E-state index in [1.165, 1.54) is 0 Å². The van der Waals surface area contributed by atoms with Crippen LogP contribution in [0.2, 0.25) is 0 Å². The van der Waals surface area contributed by atoms with Crippen molar-refractivity contribution in [1.82, 2.24) is 9.97 Å². The minimum absolute atomic E-state index is 0.133. The summed E-state index contributed by atoms with van der Waals surface area (Å²) in [4.78, 5) is 19.1. The van der Waals surface area contributed by atoms with Gasteiger partial charge in [-0.25, -0.2) is 4.98 Å². The van der Waals surface area contributed by atoms with Gasteiger partial charge in [-0.1, -0.05) is 30.3 Å². The van der Waals surface area contributed by atoms with Crippen molar-refractivity contribution in [2.24, 2.45) is 0 Å². The molecule has 0 radical (unpaired) electrons. The van der Waals surface area contributed by atoms with E-state index < -0.39 is 0 Å². The van der Waals surface area contributed by atoms with Gasteiger partial charge >= 0.3 is 0 Å². The summed E-state index contributed by atoms with van der Waals surface area (Å²) < 4.78 is 5.18. The van der Waals surface area contributed by atoms with Crippen molar-refractivity contribution in [1.29, 1.82) is 0 Å². The van der Waals surface area contributed by atoms with Gasteiger partial charge in [-0.05, 0) is 35.9 Å². The van der Waals surface area contributed by atoms with Gasteiger partial charge in [0.05, 0.1) is 18.0 Å². The molecule has 0 atom stereocenters. The maximum absolute atomic E-state index is 12.0. The average Bonchev–Trinajstić information content (AvgIpc) is 2.53. The molecule has 2 aromatic carbocycles. The fraction of sp³-hybridized carbons (Fsp3) is 0.0588. The zero-order valence-electron chi connectivity index (χ0n) is 11.5. The first-order valence-corrected chi connectivity index (χ1v) is 6.57. The number of ether oxygens (including phenoxy) is 1. The zero-order chi connectivity index (χ0) is 14.7. The van der Waals surface area contributed by atoms with Gasteiger partial charge in [0.15, 0.2) is 0 Å². The zero-order valence-corrected chi connectivity index (χ0v) is 11.5. The smallest absolute Gasteiger partial charge is 0.259 e. The van der Waals surface area contributed by atoms with Crippen LogP contribution in [0.1, 0.15) is 11.4 Å². The normalized spacial score (nSPS) is 11.1. The Morgan fingerprint density at radius 2 is 1.95 bits per heavy atom.